The summed E-state index contributed by atoms with van der Waals surface area (Å²) < 4.78 is 5.85. The first-order valence-electron chi connectivity index (χ1n) is 6.96. The fraction of sp³-hybridized carbons (Fsp3) is 0.643. The summed E-state index contributed by atoms with van der Waals surface area (Å²) in [6.07, 6.45) is 2.19. The molecule has 110 valence electrons. The molecule has 0 saturated carbocycles. The highest BCUT2D eigenvalue weighted by Crippen LogP contribution is 2.44. The van der Waals surface area contributed by atoms with Crippen molar-refractivity contribution in [3.05, 3.63) is 17.0 Å². The van der Waals surface area contributed by atoms with Gasteiger partial charge in [0.15, 0.2) is 0 Å². The molecule has 2 bridgehead atoms. The van der Waals surface area contributed by atoms with Gasteiger partial charge in [-0.2, -0.15) is 0 Å². The number of thiophene rings is 1. The maximum Gasteiger partial charge on any atom is 0.415 e. The number of nitrogens with zero attached hydrogens (tertiary/aromatic N) is 2. The minimum Gasteiger partial charge on any atom is -0.439 e. The summed E-state index contributed by atoms with van der Waals surface area (Å²) in [5.41, 5.74) is -0.245. The number of hydrogen-bond donors (Lipinski definition) is 0. The molecule has 6 heteroatoms. The third kappa shape index (κ3) is 2.03. The maximum absolute atomic E-state index is 12.2. The molecular weight excluding hydrogens is 296 g/mol. The Hall–Kier alpha value is -0.780. The molecule has 0 unspecified atom stereocenters. The van der Waals surface area contributed by atoms with E-state index in [2.05, 4.69) is 17.9 Å². The van der Waals surface area contributed by atoms with Crippen LogP contribution in [0.25, 0.3) is 0 Å². The molecule has 4 fully saturated rings. The highest BCUT2D eigenvalue weighted by atomic mass is 35.5. The number of carbonyl (C=O) groups excluding carboxylic acids is 1. The Morgan fingerprint density at radius 3 is 2.60 bits per heavy atom. The second-order valence-corrected chi connectivity index (χ2v) is 7.22. The Balaban J connectivity index is 0.00000121. The summed E-state index contributed by atoms with van der Waals surface area (Å²) in [6.45, 7) is 6.06. The lowest BCUT2D eigenvalue weighted by atomic mass is 9.75. The van der Waals surface area contributed by atoms with Gasteiger partial charge in [-0.25, -0.2) is 4.79 Å². The molecule has 0 N–H and O–H groups in total. The van der Waals surface area contributed by atoms with Crippen molar-refractivity contribution < 1.29 is 9.53 Å². The Bertz CT molecular complexity index is 527. The van der Waals surface area contributed by atoms with Crippen molar-refractivity contribution in [3.8, 4) is 0 Å². The predicted octanol–water partition coefficient (Wildman–Crippen LogP) is 2.90. The van der Waals surface area contributed by atoms with E-state index in [1.807, 2.05) is 11.0 Å². The number of rotatable bonds is 1. The molecule has 4 aliphatic rings. The number of aryl methyl sites for hydroxylation is 1. The molecular formula is C14H19ClN2O2S. The van der Waals surface area contributed by atoms with Gasteiger partial charge in [-0.15, -0.1) is 23.7 Å². The smallest absolute Gasteiger partial charge is 0.415 e. The van der Waals surface area contributed by atoms with E-state index in [1.54, 1.807) is 11.3 Å². The second kappa shape index (κ2) is 4.90. The molecule has 1 aromatic heterocycles. The number of piperidine rings is 3. The Kier molecular flexibility index (Phi) is 3.47. The van der Waals surface area contributed by atoms with E-state index in [4.69, 9.17) is 4.74 Å². The molecule has 1 atom stereocenters. The highest BCUT2D eigenvalue weighted by Gasteiger charge is 2.55. The van der Waals surface area contributed by atoms with Crippen molar-refractivity contribution in [1.82, 2.24) is 4.90 Å². The van der Waals surface area contributed by atoms with Crippen LogP contribution >= 0.6 is 23.7 Å². The van der Waals surface area contributed by atoms with Crippen LogP contribution in [0.15, 0.2) is 12.1 Å². The number of hydrogen-bond acceptors (Lipinski definition) is 4. The number of carbonyl (C=O) groups is 1. The fourth-order valence-corrected chi connectivity index (χ4v) is 4.60. The Labute approximate surface area is 129 Å². The van der Waals surface area contributed by atoms with E-state index < -0.39 is 0 Å². The zero-order chi connectivity index (χ0) is 13.0. The topological polar surface area (TPSA) is 32.8 Å². The van der Waals surface area contributed by atoms with E-state index in [-0.39, 0.29) is 24.1 Å². The summed E-state index contributed by atoms with van der Waals surface area (Å²) in [4.78, 5) is 17.7. The summed E-state index contributed by atoms with van der Waals surface area (Å²) >= 11 is 1.67. The van der Waals surface area contributed by atoms with Gasteiger partial charge in [0, 0.05) is 17.3 Å². The van der Waals surface area contributed by atoms with Gasteiger partial charge in [-0.1, -0.05) is 0 Å². The molecule has 4 nitrogen and oxygen atoms in total. The van der Waals surface area contributed by atoms with Crippen molar-refractivity contribution in [2.75, 3.05) is 31.1 Å². The number of anilines is 1. The van der Waals surface area contributed by atoms with Gasteiger partial charge in [-0.3, -0.25) is 9.80 Å². The predicted molar refractivity (Wildman–Crippen MR) is 82.0 cm³/mol. The molecule has 0 radical (unpaired) electrons. The second-order valence-electron chi connectivity index (χ2n) is 5.95. The van der Waals surface area contributed by atoms with Crippen molar-refractivity contribution in [2.24, 2.45) is 5.92 Å². The number of fused-ring (bicyclic) bond motifs is 2. The lowest BCUT2D eigenvalue weighted by Gasteiger charge is -2.49. The van der Waals surface area contributed by atoms with Crippen LogP contribution < -0.4 is 4.90 Å². The molecule has 4 saturated heterocycles. The van der Waals surface area contributed by atoms with Crippen LogP contribution in [-0.2, 0) is 4.74 Å². The molecule has 5 heterocycles. The van der Waals surface area contributed by atoms with Crippen LogP contribution in [0.2, 0.25) is 0 Å². The highest BCUT2D eigenvalue weighted by molar-refractivity contribution is 7.16. The average Bonchev–Trinajstić information content (AvgIpc) is 2.95. The summed E-state index contributed by atoms with van der Waals surface area (Å²) in [6, 6.07) is 4.09. The molecule has 0 aromatic carbocycles. The van der Waals surface area contributed by atoms with Crippen molar-refractivity contribution >= 4 is 34.8 Å². The fourth-order valence-electron chi connectivity index (χ4n) is 3.75. The minimum absolute atomic E-state index is 0. The van der Waals surface area contributed by atoms with E-state index in [1.165, 1.54) is 30.8 Å². The van der Waals surface area contributed by atoms with Crippen LogP contribution in [0, 0.1) is 12.8 Å². The lowest BCUT2D eigenvalue weighted by molar-refractivity contribution is -0.0881. The quantitative estimate of drug-likeness (QED) is 0.799. The first-order chi connectivity index (χ1) is 9.16. The van der Waals surface area contributed by atoms with E-state index in [9.17, 15) is 4.79 Å². The van der Waals surface area contributed by atoms with Crippen molar-refractivity contribution in [1.29, 1.82) is 0 Å². The summed E-state index contributed by atoms with van der Waals surface area (Å²) in [5.74, 6) is 0.549. The third-order valence-electron chi connectivity index (χ3n) is 4.75. The SMILES string of the molecule is Cc1ccc(N2C[C@@]3(CN4CCC3CC4)OC2=O)s1.Cl. The zero-order valence-corrected chi connectivity index (χ0v) is 13.1. The zero-order valence-electron chi connectivity index (χ0n) is 11.5. The van der Waals surface area contributed by atoms with Gasteiger partial charge in [0.05, 0.1) is 6.54 Å². The van der Waals surface area contributed by atoms with Crippen LogP contribution in [0.1, 0.15) is 17.7 Å². The molecule has 0 aliphatic carbocycles. The molecule has 20 heavy (non-hydrogen) atoms. The molecule has 1 aromatic rings. The standard InChI is InChI=1S/C14H18N2O2S.ClH/c1-10-2-3-12(19-10)16-9-14(18-13(16)17)8-15-6-4-11(14)5-7-15;/h2-3,11H,4-9H2,1H3;1H/t14-;/m1./s1. The first-order valence-corrected chi connectivity index (χ1v) is 7.77. The van der Waals surface area contributed by atoms with Gasteiger partial charge in [0.1, 0.15) is 10.6 Å². The van der Waals surface area contributed by atoms with Gasteiger partial charge in [-0.05, 0) is 45.0 Å². The minimum atomic E-state index is -0.245. The summed E-state index contributed by atoms with van der Waals surface area (Å²) in [5, 5.41) is 1.02. The largest absolute Gasteiger partial charge is 0.439 e. The third-order valence-corrected chi connectivity index (χ3v) is 5.78. The van der Waals surface area contributed by atoms with Crippen molar-refractivity contribution in [2.45, 2.75) is 25.4 Å². The van der Waals surface area contributed by atoms with Gasteiger partial charge in [0.2, 0.25) is 0 Å². The lowest BCUT2D eigenvalue weighted by Crippen LogP contribution is -2.61. The molecule has 1 amide bonds. The Morgan fingerprint density at radius 2 is 2.05 bits per heavy atom. The van der Waals surface area contributed by atoms with E-state index in [0.717, 1.165) is 18.1 Å². The Morgan fingerprint density at radius 1 is 1.30 bits per heavy atom. The first kappa shape index (κ1) is 14.2. The number of amides is 1. The number of ether oxygens (including phenoxy) is 1. The number of halogens is 1. The van der Waals surface area contributed by atoms with Crippen LogP contribution in [-0.4, -0.2) is 42.8 Å². The normalized spacial score (nSPS) is 35.2. The van der Waals surface area contributed by atoms with Crippen LogP contribution in [0.5, 0.6) is 0 Å². The summed E-state index contributed by atoms with van der Waals surface area (Å²) in [7, 11) is 0. The van der Waals surface area contributed by atoms with Crippen molar-refractivity contribution in [3.63, 3.8) is 0 Å². The molecule has 5 rings (SSSR count). The van der Waals surface area contributed by atoms with Crippen LogP contribution in [0.3, 0.4) is 0 Å². The van der Waals surface area contributed by atoms with Gasteiger partial charge in [0.25, 0.3) is 0 Å². The van der Waals surface area contributed by atoms with Gasteiger partial charge < -0.3 is 4.74 Å². The average molecular weight is 315 g/mol. The van der Waals surface area contributed by atoms with Crippen LogP contribution in [0.4, 0.5) is 9.80 Å². The van der Waals surface area contributed by atoms with E-state index in [0.29, 0.717) is 5.92 Å². The maximum atomic E-state index is 12.2. The molecule has 4 aliphatic heterocycles. The molecule has 1 spiro atoms. The van der Waals surface area contributed by atoms with E-state index >= 15 is 0 Å². The van der Waals surface area contributed by atoms with Gasteiger partial charge >= 0.3 is 6.09 Å². The monoisotopic (exact) mass is 314 g/mol.